The summed E-state index contributed by atoms with van der Waals surface area (Å²) < 4.78 is 0. The summed E-state index contributed by atoms with van der Waals surface area (Å²) >= 11 is 5.92. The van der Waals surface area contributed by atoms with Gasteiger partial charge in [0.05, 0.1) is 10.7 Å². The summed E-state index contributed by atoms with van der Waals surface area (Å²) in [5.74, 6) is 0.451. The van der Waals surface area contributed by atoms with E-state index in [1.807, 2.05) is 0 Å². The molecule has 0 saturated heterocycles. The molecule has 0 aliphatic rings. The van der Waals surface area contributed by atoms with Gasteiger partial charge in [-0.05, 0) is 19.1 Å². The molecule has 5 heteroatoms. The highest BCUT2D eigenvalue weighted by Crippen LogP contribution is 2.25. The smallest absolute Gasteiger partial charge is 0.232 e. The van der Waals surface area contributed by atoms with E-state index < -0.39 is 0 Å². The van der Waals surface area contributed by atoms with Crippen LogP contribution in [0.15, 0.2) is 18.3 Å². The zero-order chi connectivity index (χ0) is 10.1. The molecule has 0 atom stereocenters. The van der Waals surface area contributed by atoms with Crippen molar-refractivity contribution >= 4 is 11.6 Å². The van der Waals surface area contributed by atoms with Crippen molar-refractivity contribution in [2.45, 2.75) is 6.92 Å². The first-order valence-electron chi connectivity index (χ1n) is 4.05. The van der Waals surface area contributed by atoms with E-state index >= 15 is 0 Å². The first kappa shape index (κ1) is 9.02. The van der Waals surface area contributed by atoms with Crippen LogP contribution in [0.4, 0.5) is 0 Å². The molecule has 2 aromatic rings. The SMILES string of the molecule is Cc1[nH]c(-c2ncccc2Cl)nc1O. The Morgan fingerprint density at radius 3 is 2.86 bits per heavy atom. The van der Waals surface area contributed by atoms with Gasteiger partial charge in [-0.25, -0.2) is 0 Å². The lowest BCUT2D eigenvalue weighted by molar-refractivity contribution is 0.452. The number of imidazole rings is 1. The number of pyridine rings is 1. The number of hydrogen-bond donors (Lipinski definition) is 2. The standard InChI is InChI=1S/C9H8ClN3O/c1-5-9(14)13-8(12-5)7-6(10)3-2-4-11-7/h2-4,14H,1H3,(H,12,13). The highest BCUT2D eigenvalue weighted by atomic mass is 35.5. The van der Waals surface area contributed by atoms with Crippen LogP contribution in [0.1, 0.15) is 5.69 Å². The summed E-state index contributed by atoms with van der Waals surface area (Å²) in [6, 6.07) is 3.46. The van der Waals surface area contributed by atoms with Crippen molar-refractivity contribution in [1.82, 2.24) is 15.0 Å². The second-order valence-corrected chi connectivity index (χ2v) is 3.28. The molecule has 4 nitrogen and oxygen atoms in total. The van der Waals surface area contributed by atoms with Gasteiger partial charge in [-0.3, -0.25) is 4.98 Å². The zero-order valence-corrected chi connectivity index (χ0v) is 8.21. The van der Waals surface area contributed by atoms with Crippen LogP contribution in [-0.4, -0.2) is 20.1 Å². The normalized spacial score (nSPS) is 10.4. The van der Waals surface area contributed by atoms with Crippen molar-refractivity contribution in [1.29, 1.82) is 0 Å². The maximum absolute atomic E-state index is 9.28. The van der Waals surface area contributed by atoms with Gasteiger partial charge < -0.3 is 10.1 Å². The van der Waals surface area contributed by atoms with Crippen LogP contribution in [0.2, 0.25) is 5.02 Å². The van der Waals surface area contributed by atoms with E-state index in [0.717, 1.165) is 0 Å². The van der Waals surface area contributed by atoms with Crippen LogP contribution < -0.4 is 0 Å². The van der Waals surface area contributed by atoms with Gasteiger partial charge in [-0.2, -0.15) is 4.98 Å². The van der Waals surface area contributed by atoms with E-state index in [-0.39, 0.29) is 5.88 Å². The molecule has 0 bridgehead atoms. The predicted molar refractivity (Wildman–Crippen MR) is 53.2 cm³/mol. The summed E-state index contributed by atoms with van der Waals surface area (Å²) in [4.78, 5) is 10.9. The number of aryl methyl sites for hydroxylation is 1. The molecule has 0 fully saturated rings. The highest BCUT2D eigenvalue weighted by molar-refractivity contribution is 6.32. The monoisotopic (exact) mass is 209 g/mol. The molecular formula is C9H8ClN3O. The molecule has 2 heterocycles. The fraction of sp³-hybridized carbons (Fsp3) is 0.111. The fourth-order valence-electron chi connectivity index (χ4n) is 1.12. The summed E-state index contributed by atoms with van der Waals surface area (Å²) in [6.07, 6.45) is 1.62. The van der Waals surface area contributed by atoms with Crippen LogP contribution in [0.5, 0.6) is 5.88 Å². The Hall–Kier alpha value is -1.55. The number of nitrogens with one attached hydrogen (secondary N) is 1. The predicted octanol–water partition coefficient (Wildman–Crippen LogP) is 2.14. The number of hydrogen-bond acceptors (Lipinski definition) is 3. The minimum Gasteiger partial charge on any atom is -0.492 e. The molecule has 0 radical (unpaired) electrons. The first-order chi connectivity index (χ1) is 6.68. The third-order valence-corrected chi connectivity index (χ3v) is 2.15. The Morgan fingerprint density at radius 1 is 1.50 bits per heavy atom. The number of aromatic nitrogens is 3. The average Bonchev–Trinajstić information content (AvgIpc) is 2.48. The minimum atomic E-state index is -0.0262. The van der Waals surface area contributed by atoms with E-state index in [1.165, 1.54) is 0 Å². The Kier molecular flexibility index (Phi) is 2.13. The van der Waals surface area contributed by atoms with Crippen molar-refractivity contribution in [2.24, 2.45) is 0 Å². The molecule has 0 amide bonds. The van der Waals surface area contributed by atoms with Crippen LogP contribution in [0.25, 0.3) is 11.5 Å². The average molecular weight is 210 g/mol. The van der Waals surface area contributed by atoms with Crippen molar-refractivity contribution in [3.63, 3.8) is 0 Å². The number of H-pyrrole nitrogens is 1. The summed E-state index contributed by atoms with van der Waals surface area (Å²) in [6.45, 7) is 1.72. The van der Waals surface area contributed by atoms with Crippen molar-refractivity contribution in [2.75, 3.05) is 0 Å². The molecule has 0 aliphatic heterocycles. The lowest BCUT2D eigenvalue weighted by atomic mass is 10.3. The number of aromatic hydroxyl groups is 1. The largest absolute Gasteiger partial charge is 0.492 e. The molecule has 0 aromatic carbocycles. The molecular weight excluding hydrogens is 202 g/mol. The van der Waals surface area contributed by atoms with E-state index in [1.54, 1.807) is 25.3 Å². The van der Waals surface area contributed by atoms with E-state index in [9.17, 15) is 5.11 Å². The van der Waals surface area contributed by atoms with Crippen LogP contribution in [0, 0.1) is 6.92 Å². The van der Waals surface area contributed by atoms with Gasteiger partial charge in [0.25, 0.3) is 0 Å². The quantitative estimate of drug-likeness (QED) is 0.757. The summed E-state index contributed by atoms with van der Waals surface area (Å²) in [7, 11) is 0. The zero-order valence-electron chi connectivity index (χ0n) is 7.45. The second-order valence-electron chi connectivity index (χ2n) is 2.87. The number of halogens is 1. The molecule has 2 aromatic heterocycles. The van der Waals surface area contributed by atoms with Gasteiger partial charge in [0.2, 0.25) is 5.88 Å². The van der Waals surface area contributed by atoms with Gasteiger partial charge in [-0.1, -0.05) is 11.6 Å². The van der Waals surface area contributed by atoms with E-state index in [2.05, 4.69) is 15.0 Å². The van der Waals surface area contributed by atoms with Gasteiger partial charge in [-0.15, -0.1) is 0 Å². The first-order valence-corrected chi connectivity index (χ1v) is 4.42. The Labute approximate surface area is 85.6 Å². The molecule has 0 spiro atoms. The fourth-order valence-corrected chi connectivity index (χ4v) is 1.33. The molecule has 2 N–H and O–H groups in total. The summed E-state index contributed by atoms with van der Waals surface area (Å²) in [5, 5.41) is 9.78. The Balaban J connectivity index is 2.55. The molecule has 0 aliphatic carbocycles. The Morgan fingerprint density at radius 2 is 2.29 bits per heavy atom. The van der Waals surface area contributed by atoms with E-state index in [0.29, 0.717) is 22.2 Å². The van der Waals surface area contributed by atoms with Crippen molar-refractivity contribution in [3.8, 4) is 17.4 Å². The number of rotatable bonds is 1. The van der Waals surface area contributed by atoms with Crippen molar-refractivity contribution in [3.05, 3.63) is 29.0 Å². The third-order valence-electron chi connectivity index (χ3n) is 1.84. The second kappa shape index (κ2) is 3.31. The maximum atomic E-state index is 9.28. The summed E-state index contributed by atoms with van der Waals surface area (Å²) in [5.41, 5.74) is 1.14. The Bertz CT molecular complexity index is 447. The third kappa shape index (κ3) is 1.44. The van der Waals surface area contributed by atoms with Crippen LogP contribution >= 0.6 is 11.6 Å². The van der Waals surface area contributed by atoms with Crippen molar-refractivity contribution < 1.29 is 5.11 Å². The highest BCUT2D eigenvalue weighted by Gasteiger charge is 2.10. The minimum absolute atomic E-state index is 0.0262. The lowest BCUT2D eigenvalue weighted by Gasteiger charge is -1.96. The molecule has 0 saturated carbocycles. The van der Waals surface area contributed by atoms with Gasteiger partial charge in [0.1, 0.15) is 5.69 Å². The lowest BCUT2D eigenvalue weighted by Crippen LogP contribution is -1.86. The molecule has 0 unspecified atom stereocenters. The van der Waals surface area contributed by atoms with Gasteiger partial charge in [0.15, 0.2) is 5.82 Å². The van der Waals surface area contributed by atoms with Crippen LogP contribution in [-0.2, 0) is 0 Å². The topological polar surface area (TPSA) is 61.8 Å². The van der Waals surface area contributed by atoms with E-state index in [4.69, 9.17) is 11.6 Å². The molecule has 72 valence electrons. The van der Waals surface area contributed by atoms with Crippen LogP contribution in [0.3, 0.4) is 0 Å². The number of nitrogens with zero attached hydrogens (tertiary/aromatic N) is 2. The molecule has 14 heavy (non-hydrogen) atoms. The maximum Gasteiger partial charge on any atom is 0.232 e. The molecule has 2 rings (SSSR count). The van der Waals surface area contributed by atoms with Gasteiger partial charge in [0, 0.05) is 6.20 Å². The number of aromatic amines is 1. The van der Waals surface area contributed by atoms with Gasteiger partial charge >= 0.3 is 0 Å².